The Kier molecular flexibility index (Phi) is 4.95. The molecule has 2 N–H and O–H groups in total. The van der Waals surface area contributed by atoms with Crippen molar-refractivity contribution in [3.05, 3.63) is 50.5 Å². The monoisotopic (exact) mass is 382 g/mol. The van der Waals surface area contributed by atoms with E-state index in [1.54, 1.807) is 19.1 Å². The number of anilines is 1. The fourth-order valence-corrected chi connectivity index (χ4v) is 4.76. The zero-order chi connectivity index (χ0) is 18.2. The molecule has 134 valence electrons. The molecule has 25 heavy (non-hydrogen) atoms. The van der Waals surface area contributed by atoms with Crippen molar-refractivity contribution >= 4 is 32.8 Å². The summed E-state index contributed by atoms with van der Waals surface area (Å²) in [5.74, 6) is -0.930. The molecule has 0 atom stereocenters. The summed E-state index contributed by atoms with van der Waals surface area (Å²) < 4.78 is 37.5. The van der Waals surface area contributed by atoms with E-state index in [1.807, 2.05) is 6.07 Å². The Morgan fingerprint density at radius 1 is 1.40 bits per heavy atom. The molecule has 5 nitrogen and oxygen atoms in total. The molecule has 0 saturated heterocycles. The number of fused-ring (bicyclic) bond motifs is 1. The molecule has 0 bridgehead atoms. The number of hydrogen-bond acceptors (Lipinski definition) is 5. The van der Waals surface area contributed by atoms with Crippen molar-refractivity contribution in [1.82, 2.24) is 5.32 Å². The average molecular weight is 382 g/mol. The predicted molar refractivity (Wildman–Crippen MR) is 97.4 cm³/mol. The summed E-state index contributed by atoms with van der Waals surface area (Å²) >= 11 is 1.21. The first-order chi connectivity index (χ1) is 11.7. The summed E-state index contributed by atoms with van der Waals surface area (Å²) in [6, 6.07) is 4.95. The number of benzene rings is 1. The second-order valence-electron chi connectivity index (χ2n) is 6.21. The van der Waals surface area contributed by atoms with Gasteiger partial charge in [-0.3, -0.25) is 4.79 Å². The van der Waals surface area contributed by atoms with Gasteiger partial charge in [-0.15, -0.1) is 11.3 Å². The maximum atomic E-state index is 14.6. The first-order valence-electron chi connectivity index (χ1n) is 7.84. The van der Waals surface area contributed by atoms with Crippen LogP contribution in [0.3, 0.4) is 0 Å². The molecule has 1 aliphatic rings. The fraction of sp³-hybridized carbons (Fsp3) is 0.353. The van der Waals surface area contributed by atoms with Gasteiger partial charge >= 0.3 is 0 Å². The van der Waals surface area contributed by atoms with E-state index in [1.165, 1.54) is 11.3 Å². The van der Waals surface area contributed by atoms with Crippen molar-refractivity contribution in [2.45, 2.75) is 25.6 Å². The Morgan fingerprint density at radius 2 is 2.16 bits per heavy atom. The van der Waals surface area contributed by atoms with Gasteiger partial charge in [-0.25, -0.2) is 12.8 Å². The largest absolute Gasteiger partial charge is 0.319 e. The third-order valence-corrected chi connectivity index (χ3v) is 6.04. The first-order valence-corrected chi connectivity index (χ1v) is 10.7. The molecule has 0 aliphatic carbocycles. The summed E-state index contributed by atoms with van der Waals surface area (Å²) in [5.41, 5.74) is 2.30. The minimum absolute atomic E-state index is 0.108. The van der Waals surface area contributed by atoms with Crippen molar-refractivity contribution < 1.29 is 17.6 Å². The molecular formula is C17H19FN2O3S2. The Balaban J connectivity index is 1.82. The minimum Gasteiger partial charge on any atom is -0.319 e. The number of nitrogens with one attached hydrogen (secondary N) is 2. The van der Waals surface area contributed by atoms with E-state index in [2.05, 4.69) is 10.6 Å². The molecule has 1 aromatic heterocycles. The van der Waals surface area contributed by atoms with Crippen molar-refractivity contribution in [3.63, 3.8) is 0 Å². The van der Waals surface area contributed by atoms with Crippen molar-refractivity contribution in [3.8, 4) is 0 Å². The molecule has 0 fully saturated rings. The summed E-state index contributed by atoms with van der Waals surface area (Å²) in [4.78, 5) is 13.6. The van der Waals surface area contributed by atoms with Crippen molar-refractivity contribution in [2.75, 3.05) is 18.1 Å². The van der Waals surface area contributed by atoms with E-state index in [-0.39, 0.29) is 11.4 Å². The fourth-order valence-electron chi connectivity index (χ4n) is 2.87. The second kappa shape index (κ2) is 6.86. The topological polar surface area (TPSA) is 75.3 Å². The van der Waals surface area contributed by atoms with Crippen LogP contribution in [0, 0.1) is 12.7 Å². The van der Waals surface area contributed by atoms with E-state index in [0.29, 0.717) is 35.5 Å². The number of thiophene rings is 1. The van der Waals surface area contributed by atoms with Crippen molar-refractivity contribution in [1.29, 1.82) is 0 Å². The van der Waals surface area contributed by atoms with Crippen LogP contribution in [0.25, 0.3) is 0 Å². The minimum atomic E-state index is -3.18. The molecule has 1 aliphatic heterocycles. The van der Waals surface area contributed by atoms with Gasteiger partial charge in [-0.05, 0) is 48.7 Å². The van der Waals surface area contributed by atoms with Gasteiger partial charge in [0, 0.05) is 17.7 Å². The van der Waals surface area contributed by atoms with Gasteiger partial charge in [-0.1, -0.05) is 6.07 Å². The van der Waals surface area contributed by atoms with Crippen LogP contribution in [-0.2, 0) is 28.6 Å². The maximum absolute atomic E-state index is 14.6. The standard InChI is InChI=1S/C17H19FN2O3S2/c1-10-12(9-25(2,22)23)7-15(24-10)17(21)20-14-4-3-11-8-19-6-5-13(11)16(14)18/h3-4,7,19H,5-6,8-9H2,1-2H3,(H,20,21). The Bertz CT molecular complexity index is 936. The average Bonchev–Trinajstić information content (AvgIpc) is 2.89. The molecular weight excluding hydrogens is 363 g/mol. The van der Waals surface area contributed by atoms with Crippen LogP contribution < -0.4 is 10.6 Å². The highest BCUT2D eigenvalue weighted by Gasteiger charge is 2.20. The van der Waals surface area contributed by atoms with Crippen LogP contribution >= 0.6 is 11.3 Å². The van der Waals surface area contributed by atoms with Crippen LogP contribution in [0.5, 0.6) is 0 Å². The highest BCUT2D eigenvalue weighted by molar-refractivity contribution is 7.89. The number of halogens is 1. The van der Waals surface area contributed by atoms with Crippen LogP contribution in [0.4, 0.5) is 10.1 Å². The van der Waals surface area contributed by atoms with Crippen LogP contribution in [-0.4, -0.2) is 27.1 Å². The third-order valence-electron chi connectivity index (χ3n) is 4.12. The quantitative estimate of drug-likeness (QED) is 0.852. The number of carbonyl (C=O) groups is 1. The smallest absolute Gasteiger partial charge is 0.265 e. The molecule has 2 heterocycles. The van der Waals surface area contributed by atoms with Crippen LogP contribution in [0.15, 0.2) is 18.2 Å². The molecule has 8 heteroatoms. The van der Waals surface area contributed by atoms with Gasteiger partial charge in [0.05, 0.1) is 16.3 Å². The van der Waals surface area contributed by atoms with E-state index >= 15 is 0 Å². The lowest BCUT2D eigenvalue weighted by molar-refractivity contribution is 0.103. The predicted octanol–water partition coefficient (Wildman–Crippen LogP) is 2.64. The van der Waals surface area contributed by atoms with Crippen molar-refractivity contribution in [2.24, 2.45) is 0 Å². The molecule has 0 unspecified atom stereocenters. The number of sulfone groups is 1. The number of carbonyl (C=O) groups excluding carboxylic acids is 1. The van der Waals surface area contributed by atoms with Crippen LogP contribution in [0.1, 0.15) is 31.2 Å². The summed E-state index contributed by atoms with van der Waals surface area (Å²) in [5, 5.41) is 5.79. The van der Waals surface area contributed by atoms with E-state index in [9.17, 15) is 17.6 Å². The van der Waals surface area contributed by atoms with Gasteiger partial charge in [0.15, 0.2) is 9.84 Å². The zero-order valence-electron chi connectivity index (χ0n) is 14.0. The Morgan fingerprint density at radius 3 is 2.88 bits per heavy atom. The summed E-state index contributed by atoms with van der Waals surface area (Å²) in [6.45, 7) is 3.11. The molecule has 0 spiro atoms. The zero-order valence-corrected chi connectivity index (χ0v) is 15.6. The van der Waals surface area contributed by atoms with E-state index in [4.69, 9.17) is 0 Å². The maximum Gasteiger partial charge on any atom is 0.265 e. The van der Waals surface area contributed by atoms with E-state index in [0.717, 1.165) is 16.7 Å². The normalized spacial score (nSPS) is 14.2. The van der Waals surface area contributed by atoms with Gasteiger partial charge in [0.25, 0.3) is 5.91 Å². The third kappa shape index (κ3) is 4.08. The van der Waals surface area contributed by atoms with E-state index < -0.39 is 21.6 Å². The SMILES string of the molecule is Cc1sc(C(=O)Nc2ccc3c(c2F)CCNC3)cc1CS(C)(=O)=O. The highest BCUT2D eigenvalue weighted by Crippen LogP contribution is 2.27. The molecule has 3 rings (SSSR count). The van der Waals surface area contributed by atoms with Gasteiger partial charge in [-0.2, -0.15) is 0 Å². The molecule has 0 saturated carbocycles. The van der Waals surface area contributed by atoms with Gasteiger partial charge in [0.1, 0.15) is 5.82 Å². The van der Waals surface area contributed by atoms with Gasteiger partial charge in [0.2, 0.25) is 0 Å². The van der Waals surface area contributed by atoms with Crippen LogP contribution in [0.2, 0.25) is 0 Å². The molecule has 2 aromatic rings. The molecule has 0 radical (unpaired) electrons. The number of aryl methyl sites for hydroxylation is 1. The molecule has 1 aromatic carbocycles. The highest BCUT2D eigenvalue weighted by atomic mass is 32.2. The summed E-state index contributed by atoms with van der Waals surface area (Å²) in [6.07, 6.45) is 1.74. The lowest BCUT2D eigenvalue weighted by atomic mass is 9.99. The summed E-state index contributed by atoms with van der Waals surface area (Å²) in [7, 11) is -3.18. The number of amides is 1. The first kappa shape index (κ1) is 18.0. The lowest BCUT2D eigenvalue weighted by Crippen LogP contribution is -2.25. The Labute approximate surface area is 150 Å². The molecule has 1 amide bonds. The number of rotatable bonds is 4. The lowest BCUT2D eigenvalue weighted by Gasteiger charge is -2.19. The van der Waals surface area contributed by atoms with Gasteiger partial charge < -0.3 is 10.6 Å². The number of hydrogen-bond donors (Lipinski definition) is 2. The Hall–Kier alpha value is -1.77. The second-order valence-corrected chi connectivity index (χ2v) is 9.60.